The van der Waals surface area contributed by atoms with Crippen molar-refractivity contribution in [3.63, 3.8) is 0 Å². The third kappa shape index (κ3) is 3.28. The van der Waals surface area contributed by atoms with E-state index in [0.29, 0.717) is 23.0 Å². The zero-order valence-corrected chi connectivity index (χ0v) is 17.6. The molecule has 0 N–H and O–H groups in total. The Kier molecular flexibility index (Phi) is 5.18. The summed E-state index contributed by atoms with van der Waals surface area (Å²) in [5, 5.41) is 4.86. The monoisotopic (exact) mass is 405 g/mol. The lowest BCUT2D eigenvalue weighted by molar-refractivity contribution is 0.355. The summed E-state index contributed by atoms with van der Waals surface area (Å²) in [6.45, 7) is 1.97. The van der Waals surface area contributed by atoms with Crippen LogP contribution in [-0.4, -0.2) is 43.0 Å². The summed E-state index contributed by atoms with van der Waals surface area (Å²) in [4.78, 5) is 4.67. The lowest BCUT2D eigenvalue weighted by atomic mass is 10.1. The van der Waals surface area contributed by atoms with Gasteiger partial charge in [0.05, 0.1) is 45.5 Å². The predicted octanol–water partition coefficient (Wildman–Crippen LogP) is 4.41. The van der Waals surface area contributed by atoms with Crippen molar-refractivity contribution in [2.45, 2.75) is 6.92 Å². The topological polar surface area (TPSA) is 67.1 Å². The van der Waals surface area contributed by atoms with E-state index in [-0.39, 0.29) is 0 Å². The molecule has 0 amide bonds. The summed E-state index contributed by atoms with van der Waals surface area (Å²) in [7, 11) is 6.47. The van der Waals surface area contributed by atoms with Gasteiger partial charge in [-0.2, -0.15) is 5.10 Å². The normalized spacial score (nSPS) is 10.8. The number of aryl methyl sites for hydroxylation is 1. The van der Waals surface area contributed by atoms with E-state index >= 15 is 0 Å². The van der Waals surface area contributed by atoms with Gasteiger partial charge in [0.1, 0.15) is 0 Å². The first-order valence-corrected chi connectivity index (χ1v) is 9.40. The van der Waals surface area contributed by atoms with Gasteiger partial charge in [0.2, 0.25) is 0 Å². The van der Waals surface area contributed by atoms with Crippen LogP contribution in [0.3, 0.4) is 0 Å². The van der Waals surface area contributed by atoms with Gasteiger partial charge in [-0.3, -0.25) is 0 Å². The highest BCUT2D eigenvalue weighted by Gasteiger charge is 2.16. The predicted molar refractivity (Wildman–Crippen MR) is 115 cm³/mol. The highest BCUT2D eigenvalue weighted by molar-refractivity contribution is 5.71. The van der Waals surface area contributed by atoms with E-state index in [2.05, 4.69) is 4.98 Å². The Balaban J connectivity index is 1.86. The minimum Gasteiger partial charge on any atom is -0.493 e. The second kappa shape index (κ2) is 7.94. The molecule has 2 aromatic heterocycles. The largest absolute Gasteiger partial charge is 0.493 e. The molecule has 0 saturated carbocycles. The molecule has 0 unspecified atom stereocenters. The molecule has 2 aromatic carbocycles. The minimum absolute atomic E-state index is 0.652. The molecule has 4 rings (SSSR count). The first-order valence-electron chi connectivity index (χ1n) is 9.40. The molecule has 0 spiro atoms. The van der Waals surface area contributed by atoms with Crippen molar-refractivity contribution in [3.05, 3.63) is 54.2 Å². The zero-order chi connectivity index (χ0) is 21.3. The molecule has 0 radical (unpaired) electrons. The molecule has 154 valence electrons. The Hall–Kier alpha value is -3.74. The second-order valence-corrected chi connectivity index (χ2v) is 6.67. The Morgan fingerprint density at radius 1 is 0.667 bits per heavy atom. The van der Waals surface area contributed by atoms with Gasteiger partial charge in [-0.1, -0.05) is 0 Å². The van der Waals surface area contributed by atoms with Crippen molar-refractivity contribution in [2.24, 2.45) is 0 Å². The number of aromatic nitrogens is 3. The van der Waals surface area contributed by atoms with Crippen LogP contribution in [0.5, 0.6) is 23.0 Å². The summed E-state index contributed by atoms with van der Waals surface area (Å²) >= 11 is 0. The molecule has 30 heavy (non-hydrogen) atoms. The van der Waals surface area contributed by atoms with Gasteiger partial charge in [-0.15, -0.1) is 0 Å². The lowest BCUT2D eigenvalue weighted by Crippen LogP contribution is -1.98. The van der Waals surface area contributed by atoms with E-state index in [9.17, 15) is 0 Å². The standard InChI is InChI=1S/C23H23N3O4/c1-14-23(16-7-10-19(28-3)21(13-16)30-5)26-22(24-14)11-8-17(25-26)15-6-9-18(27-2)20(12-15)29-4/h6-13H,1-5H3. The van der Waals surface area contributed by atoms with Crippen LogP contribution >= 0.6 is 0 Å². The summed E-state index contributed by atoms with van der Waals surface area (Å²) in [5.41, 5.74) is 5.19. The fourth-order valence-electron chi connectivity index (χ4n) is 3.51. The maximum Gasteiger partial charge on any atom is 0.161 e. The summed E-state index contributed by atoms with van der Waals surface area (Å²) in [6.07, 6.45) is 0. The fraction of sp³-hybridized carbons (Fsp3) is 0.217. The maximum atomic E-state index is 5.47. The molecule has 0 aliphatic carbocycles. The van der Waals surface area contributed by atoms with Crippen LogP contribution in [0.1, 0.15) is 5.69 Å². The first-order chi connectivity index (χ1) is 14.6. The number of hydrogen-bond acceptors (Lipinski definition) is 6. The summed E-state index contributed by atoms with van der Waals surface area (Å²) < 4.78 is 23.4. The quantitative estimate of drug-likeness (QED) is 0.473. The van der Waals surface area contributed by atoms with E-state index in [1.165, 1.54) is 0 Å². The van der Waals surface area contributed by atoms with E-state index in [1.54, 1.807) is 28.4 Å². The van der Waals surface area contributed by atoms with Crippen LogP contribution < -0.4 is 18.9 Å². The Morgan fingerprint density at radius 2 is 1.23 bits per heavy atom. The molecule has 0 saturated heterocycles. The second-order valence-electron chi connectivity index (χ2n) is 6.67. The first kappa shape index (κ1) is 19.6. The van der Waals surface area contributed by atoms with Crippen molar-refractivity contribution in [1.29, 1.82) is 0 Å². The SMILES string of the molecule is COc1ccc(-c2ccc3nc(C)c(-c4ccc(OC)c(OC)c4)n3n2)cc1OC. The van der Waals surface area contributed by atoms with Crippen molar-refractivity contribution in [1.82, 2.24) is 14.6 Å². The maximum absolute atomic E-state index is 5.47. The van der Waals surface area contributed by atoms with E-state index in [1.807, 2.05) is 60.0 Å². The van der Waals surface area contributed by atoms with Crippen LogP contribution in [0, 0.1) is 6.92 Å². The van der Waals surface area contributed by atoms with Crippen molar-refractivity contribution >= 4 is 5.65 Å². The van der Waals surface area contributed by atoms with Gasteiger partial charge < -0.3 is 18.9 Å². The Labute approximate surface area is 174 Å². The van der Waals surface area contributed by atoms with E-state index in [0.717, 1.165) is 33.9 Å². The molecular weight excluding hydrogens is 382 g/mol. The molecular formula is C23H23N3O4. The van der Waals surface area contributed by atoms with Gasteiger partial charge in [-0.05, 0) is 55.5 Å². The molecule has 0 aliphatic heterocycles. The van der Waals surface area contributed by atoms with Crippen LogP contribution in [0.2, 0.25) is 0 Å². The van der Waals surface area contributed by atoms with Gasteiger partial charge in [0.15, 0.2) is 28.6 Å². The van der Waals surface area contributed by atoms with Crippen LogP contribution in [0.4, 0.5) is 0 Å². The molecule has 2 heterocycles. The van der Waals surface area contributed by atoms with Gasteiger partial charge in [0.25, 0.3) is 0 Å². The number of rotatable bonds is 6. The van der Waals surface area contributed by atoms with Crippen molar-refractivity contribution in [2.75, 3.05) is 28.4 Å². The third-order valence-electron chi connectivity index (χ3n) is 4.99. The number of fused-ring (bicyclic) bond motifs is 1. The van der Waals surface area contributed by atoms with Gasteiger partial charge in [-0.25, -0.2) is 9.50 Å². The number of imidazole rings is 1. The smallest absolute Gasteiger partial charge is 0.161 e. The number of hydrogen-bond donors (Lipinski definition) is 0. The number of ether oxygens (including phenoxy) is 4. The lowest BCUT2D eigenvalue weighted by Gasteiger charge is -2.11. The number of nitrogens with zero attached hydrogens (tertiary/aromatic N) is 3. The number of benzene rings is 2. The average molecular weight is 405 g/mol. The van der Waals surface area contributed by atoms with Crippen molar-refractivity contribution in [3.8, 4) is 45.5 Å². The highest BCUT2D eigenvalue weighted by atomic mass is 16.5. The van der Waals surface area contributed by atoms with Crippen LogP contribution in [0.15, 0.2) is 48.5 Å². The highest BCUT2D eigenvalue weighted by Crippen LogP contribution is 2.35. The van der Waals surface area contributed by atoms with Gasteiger partial charge in [0, 0.05) is 11.1 Å². The van der Waals surface area contributed by atoms with Crippen LogP contribution in [-0.2, 0) is 0 Å². The number of methoxy groups -OCH3 is 4. The molecule has 7 nitrogen and oxygen atoms in total. The molecule has 0 aliphatic rings. The minimum atomic E-state index is 0.652. The molecule has 0 atom stereocenters. The zero-order valence-electron chi connectivity index (χ0n) is 17.6. The third-order valence-corrected chi connectivity index (χ3v) is 4.99. The van der Waals surface area contributed by atoms with Crippen molar-refractivity contribution < 1.29 is 18.9 Å². The van der Waals surface area contributed by atoms with Gasteiger partial charge >= 0.3 is 0 Å². The fourth-order valence-corrected chi connectivity index (χ4v) is 3.51. The summed E-state index contributed by atoms with van der Waals surface area (Å²) in [5.74, 6) is 2.65. The Bertz CT molecular complexity index is 1220. The van der Waals surface area contributed by atoms with Crippen LogP contribution in [0.25, 0.3) is 28.2 Å². The molecule has 0 bridgehead atoms. The van der Waals surface area contributed by atoms with E-state index < -0.39 is 0 Å². The Morgan fingerprint density at radius 3 is 1.83 bits per heavy atom. The molecule has 0 fully saturated rings. The molecule has 4 aromatic rings. The van der Waals surface area contributed by atoms with E-state index in [4.69, 9.17) is 24.0 Å². The molecule has 7 heteroatoms. The average Bonchev–Trinajstić information content (AvgIpc) is 3.12. The summed E-state index contributed by atoms with van der Waals surface area (Å²) in [6, 6.07) is 15.4.